The number of amides is 2. The Labute approximate surface area is 245 Å². The van der Waals surface area contributed by atoms with Crippen LogP contribution in [0.4, 0.5) is 17.1 Å². The highest BCUT2D eigenvalue weighted by molar-refractivity contribution is 6.03. The van der Waals surface area contributed by atoms with Crippen LogP contribution in [0, 0.1) is 5.41 Å². The zero-order chi connectivity index (χ0) is 30.8. The Hall–Kier alpha value is -3.85. The van der Waals surface area contributed by atoms with Gasteiger partial charge in [-0.3, -0.25) is 14.6 Å². The molecule has 0 spiro atoms. The van der Waals surface area contributed by atoms with E-state index in [4.69, 9.17) is 14.2 Å². The maximum atomic E-state index is 12.2. The van der Waals surface area contributed by atoms with E-state index in [-0.39, 0.29) is 23.7 Å². The van der Waals surface area contributed by atoms with Crippen LogP contribution in [0.1, 0.15) is 66.4 Å². The summed E-state index contributed by atoms with van der Waals surface area (Å²) >= 11 is 0. The van der Waals surface area contributed by atoms with Crippen molar-refractivity contribution in [1.29, 1.82) is 0 Å². The first-order valence-corrected chi connectivity index (χ1v) is 13.9. The standard InChI is InChI=1S/C28H38N4O5.C4H10/c1-8-29-23-15-22(37-14-13-35-6)16-24(36-7)27(23)19(2)31-20-9-11-21(12-10-20)32-26(34)17-25(33)30-18-28(3,4)5;1-3-4-2/h8-12,15-16,31H,2,13-14,17-18H2,1,3-7H3,(H,30,33)(H,32,34);3-4H2,1-2H3. The quantitative estimate of drug-likeness (QED) is 0.131. The van der Waals surface area contributed by atoms with Gasteiger partial charge in [0, 0.05) is 49.1 Å². The van der Waals surface area contributed by atoms with Crippen LogP contribution in [-0.4, -0.2) is 52.0 Å². The van der Waals surface area contributed by atoms with Gasteiger partial charge in [-0.25, -0.2) is 0 Å². The monoisotopic (exact) mass is 568 g/mol. The van der Waals surface area contributed by atoms with Gasteiger partial charge in [0.2, 0.25) is 11.8 Å². The Balaban J connectivity index is 0.00000196. The Morgan fingerprint density at radius 1 is 0.951 bits per heavy atom. The van der Waals surface area contributed by atoms with Gasteiger partial charge in [0.15, 0.2) is 0 Å². The third kappa shape index (κ3) is 13.9. The molecule has 0 heterocycles. The molecule has 0 unspecified atom stereocenters. The second-order valence-electron chi connectivity index (χ2n) is 10.5. The molecule has 9 nitrogen and oxygen atoms in total. The summed E-state index contributed by atoms with van der Waals surface area (Å²) in [7, 11) is 3.19. The zero-order valence-electron chi connectivity index (χ0n) is 26.0. The topological polar surface area (TPSA) is 110 Å². The molecule has 0 radical (unpaired) electrons. The van der Waals surface area contributed by atoms with E-state index in [0.29, 0.717) is 53.9 Å². The van der Waals surface area contributed by atoms with Crippen LogP contribution in [0.15, 0.2) is 48.0 Å². The van der Waals surface area contributed by atoms with E-state index in [1.807, 2.05) is 33.8 Å². The number of aliphatic imine (C=N–C) groups is 1. The van der Waals surface area contributed by atoms with Gasteiger partial charge in [0.1, 0.15) is 24.5 Å². The Kier molecular flexibility index (Phi) is 15.9. The van der Waals surface area contributed by atoms with Gasteiger partial charge in [-0.1, -0.05) is 54.0 Å². The Bertz CT molecular complexity index is 1140. The second-order valence-corrected chi connectivity index (χ2v) is 10.5. The average molecular weight is 569 g/mol. The summed E-state index contributed by atoms with van der Waals surface area (Å²) in [6.07, 6.45) is 4.09. The van der Waals surface area contributed by atoms with Gasteiger partial charge in [0.25, 0.3) is 0 Å². The summed E-state index contributed by atoms with van der Waals surface area (Å²) in [5.74, 6) is 0.479. The summed E-state index contributed by atoms with van der Waals surface area (Å²) in [6, 6.07) is 10.7. The molecule has 9 heteroatoms. The predicted octanol–water partition coefficient (Wildman–Crippen LogP) is 6.82. The van der Waals surface area contributed by atoms with E-state index in [1.54, 1.807) is 50.8 Å². The molecule has 226 valence electrons. The first-order chi connectivity index (χ1) is 19.5. The maximum absolute atomic E-state index is 12.2. The minimum absolute atomic E-state index is 0.0491. The first-order valence-electron chi connectivity index (χ1n) is 13.9. The van der Waals surface area contributed by atoms with Crippen LogP contribution in [0.2, 0.25) is 0 Å². The van der Waals surface area contributed by atoms with Crippen LogP contribution < -0.4 is 25.4 Å². The molecule has 0 aliphatic heterocycles. The molecular formula is C32H48N4O5. The van der Waals surface area contributed by atoms with Gasteiger partial charge >= 0.3 is 0 Å². The van der Waals surface area contributed by atoms with Gasteiger partial charge < -0.3 is 30.2 Å². The first kappa shape index (κ1) is 35.2. The molecule has 0 bridgehead atoms. The number of ether oxygens (including phenoxy) is 3. The van der Waals surface area contributed by atoms with Crippen molar-refractivity contribution in [2.24, 2.45) is 10.4 Å². The highest BCUT2D eigenvalue weighted by Gasteiger charge is 2.17. The zero-order valence-corrected chi connectivity index (χ0v) is 26.0. The fourth-order valence-electron chi connectivity index (χ4n) is 3.26. The van der Waals surface area contributed by atoms with Crippen LogP contribution in [0.3, 0.4) is 0 Å². The summed E-state index contributed by atoms with van der Waals surface area (Å²) in [5, 5.41) is 8.77. The number of unbranched alkanes of at least 4 members (excludes halogenated alkanes) is 1. The number of carbonyl (C=O) groups excluding carboxylic acids is 2. The smallest absolute Gasteiger partial charge is 0.233 e. The lowest BCUT2D eigenvalue weighted by molar-refractivity contribution is -0.127. The molecule has 0 aliphatic rings. The molecule has 2 amide bonds. The highest BCUT2D eigenvalue weighted by atomic mass is 16.5. The molecule has 0 saturated carbocycles. The fourth-order valence-corrected chi connectivity index (χ4v) is 3.26. The molecule has 41 heavy (non-hydrogen) atoms. The number of methoxy groups -OCH3 is 2. The molecule has 2 aromatic carbocycles. The minimum Gasteiger partial charge on any atom is -0.496 e. The normalized spacial score (nSPS) is 10.8. The van der Waals surface area contributed by atoms with Crippen molar-refractivity contribution >= 4 is 40.8 Å². The number of rotatable bonds is 14. The summed E-state index contributed by atoms with van der Waals surface area (Å²) < 4.78 is 16.4. The highest BCUT2D eigenvalue weighted by Crippen LogP contribution is 2.39. The van der Waals surface area contributed by atoms with Crippen LogP contribution in [-0.2, 0) is 14.3 Å². The summed E-state index contributed by atoms with van der Waals surface area (Å²) in [4.78, 5) is 28.7. The van der Waals surface area contributed by atoms with E-state index in [1.165, 1.54) is 12.8 Å². The fraction of sp³-hybridized carbons (Fsp3) is 0.469. The Morgan fingerprint density at radius 2 is 1.56 bits per heavy atom. The number of anilines is 2. The number of hydrogen-bond acceptors (Lipinski definition) is 7. The molecule has 3 N–H and O–H groups in total. The average Bonchev–Trinajstić information content (AvgIpc) is 2.92. The van der Waals surface area contributed by atoms with Crippen molar-refractivity contribution in [1.82, 2.24) is 5.32 Å². The molecule has 0 atom stereocenters. The molecular weight excluding hydrogens is 520 g/mol. The molecule has 0 fully saturated rings. The summed E-state index contributed by atoms with van der Waals surface area (Å²) in [5.41, 5.74) is 3.19. The number of benzene rings is 2. The molecule has 2 rings (SSSR count). The maximum Gasteiger partial charge on any atom is 0.233 e. The number of carbonyl (C=O) groups is 2. The van der Waals surface area contributed by atoms with E-state index in [2.05, 4.69) is 41.4 Å². The minimum atomic E-state index is -0.379. The lowest BCUT2D eigenvalue weighted by atomic mass is 9.97. The van der Waals surface area contributed by atoms with Crippen molar-refractivity contribution in [2.75, 3.05) is 44.6 Å². The van der Waals surface area contributed by atoms with Gasteiger partial charge in [-0.05, 0) is 36.6 Å². The molecule has 0 aromatic heterocycles. The largest absolute Gasteiger partial charge is 0.496 e. The predicted molar refractivity (Wildman–Crippen MR) is 170 cm³/mol. The second kappa shape index (κ2) is 18.5. The number of nitrogens with one attached hydrogen (secondary N) is 3. The van der Waals surface area contributed by atoms with E-state index < -0.39 is 0 Å². The SMILES string of the molecule is C=C(Nc1ccc(NC(=O)CC(=O)NCC(C)(C)C)cc1)c1c(N=CC)cc(OCCOC)cc1OC.CCCC. The lowest BCUT2D eigenvalue weighted by Gasteiger charge is -2.18. The van der Waals surface area contributed by atoms with Gasteiger partial charge in [-0.2, -0.15) is 0 Å². The van der Waals surface area contributed by atoms with Crippen molar-refractivity contribution in [2.45, 2.75) is 60.8 Å². The van der Waals surface area contributed by atoms with Crippen molar-refractivity contribution in [3.63, 3.8) is 0 Å². The molecule has 0 aliphatic carbocycles. The van der Waals surface area contributed by atoms with Gasteiger partial charge in [-0.15, -0.1) is 0 Å². The number of nitrogens with zero attached hydrogens (tertiary/aromatic N) is 1. The van der Waals surface area contributed by atoms with E-state index >= 15 is 0 Å². The van der Waals surface area contributed by atoms with Crippen LogP contribution >= 0.6 is 0 Å². The van der Waals surface area contributed by atoms with Crippen molar-refractivity contribution in [3.05, 3.63) is 48.5 Å². The molecule has 2 aromatic rings. The third-order valence-corrected chi connectivity index (χ3v) is 5.50. The van der Waals surface area contributed by atoms with Gasteiger partial charge in [0.05, 0.1) is 25.0 Å². The molecule has 0 saturated heterocycles. The van der Waals surface area contributed by atoms with Crippen LogP contribution in [0.25, 0.3) is 5.70 Å². The number of hydrogen-bond donors (Lipinski definition) is 3. The van der Waals surface area contributed by atoms with Crippen LogP contribution in [0.5, 0.6) is 11.5 Å². The van der Waals surface area contributed by atoms with E-state index in [0.717, 1.165) is 5.69 Å². The van der Waals surface area contributed by atoms with E-state index in [9.17, 15) is 9.59 Å². The van der Waals surface area contributed by atoms with Crippen molar-refractivity contribution in [3.8, 4) is 11.5 Å². The Morgan fingerprint density at radius 3 is 2.07 bits per heavy atom. The van der Waals surface area contributed by atoms with Crippen molar-refractivity contribution < 1.29 is 23.8 Å². The third-order valence-electron chi connectivity index (χ3n) is 5.50. The summed E-state index contributed by atoms with van der Waals surface area (Å²) in [6.45, 7) is 17.8. The lowest BCUT2D eigenvalue weighted by Crippen LogP contribution is -2.34.